The van der Waals surface area contributed by atoms with Gasteiger partial charge < -0.3 is 24.4 Å². The molecule has 7 rings (SSSR count). The first kappa shape index (κ1) is 36.3. The molecule has 2 aliphatic carbocycles. The number of aryl methyl sites for hydroxylation is 2. The van der Waals surface area contributed by atoms with E-state index in [0.29, 0.717) is 47.9 Å². The molecule has 15 heteroatoms. The SMILES string of the molecule is COc1ccc2c(OC3CC4C(=O)NC5(C(=O)NS(=O)(=O)C6(C)CC6)CC5C=CCCCCOC(C)C(=O)N4C3)cc(-c3csc(C)n3)nc2c1C. The van der Waals surface area contributed by atoms with Gasteiger partial charge in [0.25, 0.3) is 11.8 Å². The van der Waals surface area contributed by atoms with Crippen molar-refractivity contribution in [1.29, 1.82) is 0 Å². The number of amides is 3. The van der Waals surface area contributed by atoms with Gasteiger partial charge in [0.1, 0.15) is 35.3 Å². The first-order valence-corrected chi connectivity index (χ1v) is 20.2. The Labute approximate surface area is 307 Å². The zero-order chi connectivity index (χ0) is 37.0. The zero-order valence-corrected chi connectivity index (χ0v) is 31.7. The number of carbonyl (C=O) groups is 3. The summed E-state index contributed by atoms with van der Waals surface area (Å²) >= 11 is 1.51. The van der Waals surface area contributed by atoms with E-state index in [-0.39, 0.29) is 25.3 Å². The highest BCUT2D eigenvalue weighted by atomic mass is 32.2. The van der Waals surface area contributed by atoms with Gasteiger partial charge in [0.15, 0.2) is 0 Å². The molecule has 3 aromatic rings. The Morgan fingerprint density at radius 3 is 2.63 bits per heavy atom. The van der Waals surface area contributed by atoms with Gasteiger partial charge in [-0.15, -0.1) is 11.3 Å². The van der Waals surface area contributed by atoms with Crippen LogP contribution in [0.3, 0.4) is 0 Å². The van der Waals surface area contributed by atoms with Crippen molar-refractivity contribution >= 4 is 50.0 Å². The lowest BCUT2D eigenvalue weighted by molar-refractivity contribution is -0.147. The number of ether oxygens (including phenoxy) is 3. The number of hydrogen-bond acceptors (Lipinski definition) is 11. The van der Waals surface area contributed by atoms with Gasteiger partial charge in [0.2, 0.25) is 15.9 Å². The van der Waals surface area contributed by atoms with Gasteiger partial charge in [-0.1, -0.05) is 12.2 Å². The molecule has 4 heterocycles. The average molecular weight is 752 g/mol. The van der Waals surface area contributed by atoms with Crippen molar-refractivity contribution in [3.63, 3.8) is 0 Å². The molecule has 2 aliphatic heterocycles. The van der Waals surface area contributed by atoms with Gasteiger partial charge in [0.05, 0.1) is 40.3 Å². The summed E-state index contributed by atoms with van der Waals surface area (Å²) in [5, 5.41) is 6.48. The molecule has 3 fully saturated rings. The van der Waals surface area contributed by atoms with Crippen molar-refractivity contribution in [2.45, 2.75) is 101 Å². The van der Waals surface area contributed by atoms with Crippen molar-refractivity contribution in [2.24, 2.45) is 5.92 Å². The topological polar surface area (TPSA) is 166 Å². The van der Waals surface area contributed by atoms with Crippen LogP contribution in [0, 0.1) is 19.8 Å². The first-order valence-electron chi connectivity index (χ1n) is 17.8. The highest BCUT2D eigenvalue weighted by molar-refractivity contribution is 7.91. The summed E-state index contributed by atoms with van der Waals surface area (Å²) in [6, 6.07) is 4.55. The number of fused-ring (bicyclic) bond motifs is 3. The summed E-state index contributed by atoms with van der Waals surface area (Å²) in [6.07, 6.45) is 5.96. The summed E-state index contributed by atoms with van der Waals surface area (Å²) in [6.45, 7) is 7.59. The normalized spacial score (nSPS) is 27.5. The van der Waals surface area contributed by atoms with E-state index in [9.17, 15) is 22.8 Å². The number of nitrogens with one attached hydrogen (secondary N) is 2. The van der Waals surface area contributed by atoms with Crippen molar-refractivity contribution in [3.8, 4) is 22.9 Å². The van der Waals surface area contributed by atoms with Gasteiger partial charge in [0, 0.05) is 41.3 Å². The first-order chi connectivity index (χ1) is 24.7. The minimum absolute atomic E-state index is 0.0873. The molecule has 3 amide bonds. The van der Waals surface area contributed by atoms with Crippen LogP contribution in [0.5, 0.6) is 11.5 Å². The maximum atomic E-state index is 14.3. The summed E-state index contributed by atoms with van der Waals surface area (Å²) < 4.78 is 45.7. The van der Waals surface area contributed by atoms with Crippen LogP contribution in [0.2, 0.25) is 0 Å². The number of rotatable bonds is 7. The number of hydrogen-bond donors (Lipinski definition) is 2. The van der Waals surface area contributed by atoms with E-state index in [1.165, 1.54) is 16.2 Å². The number of aromatic nitrogens is 2. The number of pyridine rings is 1. The largest absolute Gasteiger partial charge is 0.496 e. The third-order valence-electron chi connectivity index (χ3n) is 10.8. The Balaban J connectivity index is 1.21. The third-order valence-corrected chi connectivity index (χ3v) is 13.8. The van der Waals surface area contributed by atoms with Crippen molar-refractivity contribution in [2.75, 3.05) is 20.3 Å². The second-order valence-electron chi connectivity index (χ2n) is 14.6. The maximum Gasteiger partial charge on any atom is 0.259 e. The van der Waals surface area contributed by atoms with Crippen LogP contribution in [-0.2, 0) is 29.1 Å². The Bertz CT molecular complexity index is 2060. The Kier molecular flexibility index (Phi) is 9.57. The molecule has 5 unspecified atom stereocenters. The molecule has 4 aliphatic rings. The predicted octanol–water partition coefficient (Wildman–Crippen LogP) is 4.35. The van der Waals surface area contributed by atoms with Gasteiger partial charge in [-0.25, -0.2) is 18.4 Å². The minimum atomic E-state index is -3.95. The Hall–Kier alpha value is -4.08. The van der Waals surface area contributed by atoms with Crippen LogP contribution in [-0.4, -0.2) is 89.8 Å². The van der Waals surface area contributed by atoms with E-state index in [1.54, 1.807) is 21.0 Å². The molecule has 2 N–H and O–H groups in total. The molecule has 0 radical (unpaired) electrons. The Morgan fingerprint density at radius 2 is 1.92 bits per heavy atom. The molecule has 5 atom stereocenters. The quantitative estimate of drug-likeness (QED) is 0.332. The summed E-state index contributed by atoms with van der Waals surface area (Å²) in [4.78, 5) is 53.0. The second kappa shape index (κ2) is 13.7. The van der Waals surface area contributed by atoms with Crippen LogP contribution >= 0.6 is 11.3 Å². The average Bonchev–Trinajstić information content (AvgIpc) is 3.91. The van der Waals surface area contributed by atoms with Crippen molar-refractivity contribution in [3.05, 3.63) is 46.3 Å². The fraction of sp³-hybridized carbons (Fsp3) is 0.541. The molecule has 2 aromatic heterocycles. The van der Waals surface area contributed by atoms with Crippen molar-refractivity contribution in [1.82, 2.24) is 24.9 Å². The fourth-order valence-corrected chi connectivity index (χ4v) is 9.04. The highest BCUT2D eigenvalue weighted by Crippen LogP contribution is 2.47. The summed E-state index contributed by atoms with van der Waals surface area (Å²) in [7, 11) is -2.34. The fourth-order valence-electron chi connectivity index (χ4n) is 7.12. The van der Waals surface area contributed by atoms with E-state index in [4.69, 9.17) is 19.2 Å². The van der Waals surface area contributed by atoms with Crippen molar-refractivity contribution < 1.29 is 37.0 Å². The molecule has 0 spiro atoms. The molecular weight excluding hydrogens is 707 g/mol. The van der Waals surface area contributed by atoms with E-state index < -0.39 is 56.3 Å². The van der Waals surface area contributed by atoms with Crippen LogP contribution in [0.4, 0.5) is 0 Å². The molecule has 52 heavy (non-hydrogen) atoms. The number of thiazole rings is 1. The van der Waals surface area contributed by atoms with Gasteiger partial charge in [-0.05, 0) is 78.4 Å². The van der Waals surface area contributed by atoms with E-state index in [1.807, 2.05) is 49.6 Å². The molecule has 278 valence electrons. The number of sulfonamides is 1. The van der Waals surface area contributed by atoms with Crippen LogP contribution in [0.15, 0.2) is 35.7 Å². The minimum Gasteiger partial charge on any atom is -0.496 e. The lowest BCUT2D eigenvalue weighted by Gasteiger charge is -2.28. The predicted molar refractivity (Wildman–Crippen MR) is 195 cm³/mol. The molecule has 2 saturated carbocycles. The van der Waals surface area contributed by atoms with Gasteiger partial charge >= 0.3 is 0 Å². The summed E-state index contributed by atoms with van der Waals surface area (Å²) in [5.41, 5.74) is 1.36. The molecule has 13 nitrogen and oxygen atoms in total. The number of allylic oxidation sites excluding steroid dienone is 1. The lowest BCUT2D eigenvalue weighted by Crippen LogP contribution is -2.57. The smallest absolute Gasteiger partial charge is 0.259 e. The standard InChI is InChI=1S/C37H45N5O8S2/c1-21-30(48-5)12-11-26-31(17-27(39-32(21)26)28-20-51-23(3)38-28)50-25-16-29-33(43)40-37(35(45)41-52(46,47)36(4)13-14-36)18-24(37)10-8-6-7-9-15-49-22(2)34(44)42(29)19-25/h8,10-12,17,20,22,24-25,29H,6-7,9,13-16,18-19H2,1-5H3,(H,40,43)(H,41,45). The number of benzene rings is 1. The molecule has 1 saturated heterocycles. The number of carbonyl (C=O) groups excluding carboxylic acids is 3. The highest BCUT2D eigenvalue weighted by Gasteiger charge is 2.63. The third kappa shape index (κ3) is 6.78. The van der Waals surface area contributed by atoms with Gasteiger partial charge in [-0.2, -0.15) is 0 Å². The lowest BCUT2D eigenvalue weighted by atomic mass is 10.1. The number of methoxy groups -OCH3 is 1. The van der Waals surface area contributed by atoms with Crippen LogP contribution in [0.1, 0.15) is 69.4 Å². The summed E-state index contributed by atoms with van der Waals surface area (Å²) in [5.74, 6) is -0.886. The van der Waals surface area contributed by atoms with E-state index in [0.717, 1.165) is 35.2 Å². The monoisotopic (exact) mass is 751 g/mol. The zero-order valence-electron chi connectivity index (χ0n) is 30.1. The molecule has 0 bridgehead atoms. The van der Waals surface area contributed by atoms with E-state index >= 15 is 0 Å². The molecular formula is C37H45N5O8S2. The number of nitrogens with zero attached hydrogens (tertiary/aromatic N) is 3. The van der Waals surface area contributed by atoms with Crippen LogP contribution < -0.4 is 19.5 Å². The van der Waals surface area contributed by atoms with E-state index in [2.05, 4.69) is 15.0 Å². The Morgan fingerprint density at radius 1 is 1.13 bits per heavy atom. The van der Waals surface area contributed by atoms with Crippen LogP contribution in [0.25, 0.3) is 22.3 Å². The maximum absolute atomic E-state index is 14.3. The second-order valence-corrected chi connectivity index (χ2v) is 17.9. The van der Waals surface area contributed by atoms with Gasteiger partial charge in [-0.3, -0.25) is 19.1 Å². The molecule has 1 aromatic carbocycles.